The van der Waals surface area contributed by atoms with Gasteiger partial charge in [0.05, 0.1) is 6.61 Å². The van der Waals surface area contributed by atoms with Gasteiger partial charge in [-0.15, -0.1) is 0 Å². The summed E-state index contributed by atoms with van der Waals surface area (Å²) >= 11 is 0.579. The standard InChI is InChI=1S/C4H8N2O2S/c1-2-8-4(7)9-3(5)6/h2H2,1H3,(H3,5,6). The number of rotatable bonds is 1. The maximum atomic E-state index is 10.4. The summed E-state index contributed by atoms with van der Waals surface area (Å²) in [7, 11) is 0. The molecule has 0 aromatic heterocycles. The Morgan fingerprint density at radius 2 is 2.44 bits per heavy atom. The highest BCUT2D eigenvalue weighted by atomic mass is 32.2. The van der Waals surface area contributed by atoms with Crippen molar-refractivity contribution in [2.24, 2.45) is 5.73 Å². The second kappa shape index (κ2) is 4.20. The van der Waals surface area contributed by atoms with Crippen molar-refractivity contribution in [1.29, 1.82) is 5.41 Å². The van der Waals surface area contributed by atoms with E-state index in [2.05, 4.69) is 4.74 Å². The molecule has 0 unspecified atom stereocenters. The largest absolute Gasteiger partial charge is 0.458 e. The van der Waals surface area contributed by atoms with Crippen molar-refractivity contribution in [2.75, 3.05) is 6.61 Å². The lowest BCUT2D eigenvalue weighted by atomic mass is 10.9. The number of carbonyl (C=O) groups excluding carboxylic acids is 1. The van der Waals surface area contributed by atoms with Crippen LogP contribution in [0, 0.1) is 5.41 Å². The summed E-state index contributed by atoms with van der Waals surface area (Å²) in [6.45, 7) is 2.01. The van der Waals surface area contributed by atoms with E-state index in [1.54, 1.807) is 6.92 Å². The zero-order valence-corrected chi connectivity index (χ0v) is 5.83. The summed E-state index contributed by atoms with van der Waals surface area (Å²) < 4.78 is 4.46. The van der Waals surface area contributed by atoms with Gasteiger partial charge in [-0.1, -0.05) is 0 Å². The number of ether oxygens (including phenoxy) is 1. The van der Waals surface area contributed by atoms with Crippen LogP contribution in [0.2, 0.25) is 0 Å². The monoisotopic (exact) mass is 148 g/mol. The van der Waals surface area contributed by atoms with E-state index in [1.807, 2.05) is 0 Å². The average Bonchev–Trinajstić information content (AvgIpc) is 1.63. The van der Waals surface area contributed by atoms with Crippen LogP contribution in [0.3, 0.4) is 0 Å². The molecule has 0 atom stereocenters. The first-order chi connectivity index (χ1) is 4.16. The highest BCUT2D eigenvalue weighted by molar-refractivity contribution is 8.25. The average molecular weight is 148 g/mol. The van der Waals surface area contributed by atoms with Crippen LogP contribution in [0.15, 0.2) is 0 Å². The normalized spacial score (nSPS) is 8.56. The Labute approximate surface area is 57.3 Å². The molecule has 0 aromatic carbocycles. The molecule has 5 heteroatoms. The van der Waals surface area contributed by atoms with Crippen LogP contribution >= 0.6 is 11.8 Å². The Bertz CT molecular complexity index is 126. The summed E-state index contributed by atoms with van der Waals surface area (Å²) in [5.74, 6) is 0. The van der Waals surface area contributed by atoms with E-state index in [9.17, 15) is 4.79 Å². The van der Waals surface area contributed by atoms with E-state index in [1.165, 1.54) is 0 Å². The van der Waals surface area contributed by atoms with Crippen LogP contribution in [0.1, 0.15) is 6.92 Å². The van der Waals surface area contributed by atoms with Crippen LogP contribution in [0.25, 0.3) is 0 Å². The van der Waals surface area contributed by atoms with Gasteiger partial charge in [-0.2, -0.15) is 0 Å². The third kappa shape index (κ3) is 5.16. The lowest BCUT2D eigenvalue weighted by Gasteiger charge is -1.96. The zero-order valence-electron chi connectivity index (χ0n) is 5.01. The first-order valence-electron chi connectivity index (χ1n) is 2.35. The first-order valence-corrected chi connectivity index (χ1v) is 3.17. The maximum absolute atomic E-state index is 10.4. The number of thioether (sulfide) groups is 1. The molecule has 4 nitrogen and oxygen atoms in total. The topological polar surface area (TPSA) is 76.2 Å². The summed E-state index contributed by atoms with van der Waals surface area (Å²) in [6, 6.07) is 0. The lowest BCUT2D eigenvalue weighted by Crippen LogP contribution is -2.08. The molecule has 0 fully saturated rings. The van der Waals surface area contributed by atoms with E-state index in [-0.39, 0.29) is 5.17 Å². The number of nitrogens with two attached hydrogens (primary N) is 1. The van der Waals surface area contributed by atoms with Gasteiger partial charge in [-0.3, -0.25) is 5.41 Å². The molecule has 9 heavy (non-hydrogen) atoms. The number of nitrogens with one attached hydrogen (secondary N) is 1. The molecule has 0 aliphatic heterocycles. The predicted octanol–water partition coefficient (Wildman–Crippen LogP) is 0.770. The van der Waals surface area contributed by atoms with E-state index in [4.69, 9.17) is 11.1 Å². The SMILES string of the molecule is CCOC(=O)SC(=N)N. The van der Waals surface area contributed by atoms with Crippen molar-refractivity contribution in [3.63, 3.8) is 0 Å². The molecule has 0 rings (SSSR count). The van der Waals surface area contributed by atoms with Crippen molar-refractivity contribution >= 4 is 22.2 Å². The minimum absolute atomic E-state index is 0.242. The predicted molar refractivity (Wildman–Crippen MR) is 36.5 cm³/mol. The molecule has 52 valence electrons. The fourth-order valence-electron chi connectivity index (χ4n) is 0.237. The molecular formula is C4H8N2O2S. The minimum Gasteiger partial charge on any atom is -0.458 e. The lowest BCUT2D eigenvalue weighted by molar-refractivity contribution is 0.182. The number of hydrogen-bond acceptors (Lipinski definition) is 4. The molecule has 0 amide bonds. The summed E-state index contributed by atoms with van der Waals surface area (Å²) in [6.07, 6.45) is 0. The Kier molecular flexibility index (Phi) is 3.87. The Hall–Kier alpha value is -0.710. The smallest absolute Gasteiger partial charge is 0.375 e. The molecule has 0 spiro atoms. The highest BCUT2D eigenvalue weighted by Gasteiger charge is 2.02. The zero-order chi connectivity index (χ0) is 7.28. The number of amidine groups is 1. The molecule has 0 bridgehead atoms. The Morgan fingerprint density at radius 3 is 2.78 bits per heavy atom. The van der Waals surface area contributed by atoms with Gasteiger partial charge in [0.15, 0.2) is 5.17 Å². The van der Waals surface area contributed by atoms with Crippen LogP contribution in [-0.2, 0) is 4.74 Å². The number of hydrogen-bond donors (Lipinski definition) is 2. The molecular weight excluding hydrogens is 140 g/mol. The molecule has 3 N–H and O–H groups in total. The second-order valence-electron chi connectivity index (χ2n) is 1.15. The molecule has 0 aliphatic rings. The Balaban J connectivity index is 3.39. The van der Waals surface area contributed by atoms with Crippen molar-refractivity contribution in [3.8, 4) is 0 Å². The molecule has 0 saturated heterocycles. The molecule has 0 radical (unpaired) electrons. The van der Waals surface area contributed by atoms with Crippen molar-refractivity contribution < 1.29 is 9.53 Å². The molecule has 0 heterocycles. The Morgan fingerprint density at radius 1 is 1.89 bits per heavy atom. The van der Waals surface area contributed by atoms with Gasteiger partial charge < -0.3 is 10.5 Å². The third-order valence-corrected chi connectivity index (χ3v) is 0.960. The third-order valence-electron chi connectivity index (χ3n) is 0.455. The van der Waals surface area contributed by atoms with Crippen LogP contribution in [-0.4, -0.2) is 17.1 Å². The molecule has 0 aliphatic carbocycles. The first kappa shape index (κ1) is 8.29. The summed E-state index contributed by atoms with van der Waals surface area (Å²) in [4.78, 5) is 10.4. The number of carbonyl (C=O) groups is 1. The second-order valence-corrected chi connectivity index (χ2v) is 2.13. The van der Waals surface area contributed by atoms with Gasteiger partial charge in [-0.05, 0) is 6.92 Å². The van der Waals surface area contributed by atoms with Gasteiger partial charge in [0.25, 0.3) is 0 Å². The van der Waals surface area contributed by atoms with Crippen molar-refractivity contribution in [3.05, 3.63) is 0 Å². The maximum Gasteiger partial charge on any atom is 0.375 e. The van der Waals surface area contributed by atoms with Crippen LogP contribution in [0.5, 0.6) is 0 Å². The van der Waals surface area contributed by atoms with Gasteiger partial charge in [-0.25, -0.2) is 4.79 Å². The van der Waals surface area contributed by atoms with E-state index < -0.39 is 5.30 Å². The minimum atomic E-state index is -0.523. The molecule has 0 aromatic rings. The summed E-state index contributed by atoms with van der Waals surface area (Å²) in [5, 5.41) is 5.88. The van der Waals surface area contributed by atoms with Crippen LogP contribution < -0.4 is 5.73 Å². The molecule has 0 saturated carbocycles. The van der Waals surface area contributed by atoms with Crippen molar-refractivity contribution in [2.45, 2.75) is 6.92 Å². The van der Waals surface area contributed by atoms with Gasteiger partial charge >= 0.3 is 5.30 Å². The van der Waals surface area contributed by atoms with Crippen LogP contribution in [0.4, 0.5) is 4.79 Å². The van der Waals surface area contributed by atoms with E-state index >= 15 is 0 Å². The van der Waals surface area contributed by atoms with Crippen molar-refractivity contribution in [1.82, 2.24) is 0 Å². The van der Waals surface area contributed by atoms with Gasteiger partial charge in [0, 0.05) is 11.8 Å². The van der Waals surface area contributed by atoms with Gasteiger partial charge in [0.1, 0.15) is 0 Å². The van der Waals surface area contributed by atoms with Gasteiger partial charge in [0.2, 0.25) is 0 Å². The highest BCUT2D eigenvalue weighted by Crippen LogP contribution is 2.02. The quantitative estimate of drug-likeness (QED) is 0.327. The fraction of sp³-hybridized carbons (Fsp3) is 0.500. The van der Waals surface area contributed by atoms with E-state index in [0.717, 1.165) is 0 Å². The summed E-state index contributed by atoms with van der Waals surface area (Å²) in [5.41, 5.74) is 4.87. The fourth-order valence-corrected chi connectivity index (χ4v) is 0.593. The van der Waals surface area contributed by atoms with E-state index in [0.29, 0.717) is 18.4 Å².